The molecule has 0 saturated carbocycles. The summed E-state index contributed by atoms with van der Waals surface area (Å²) in [6.45, 7) is 0.637. The van der Waals surface area contributed by atoms with E-state index in [1.165, 1.54) is 0 Å². The Morgan fingerprint density at radius 2 is 1.76 bits per heavy atom. The van der Waals surface area contributed by atoms with Gasteiger partial charge in [0.2, 0.25) is 5.91 Å². The first kappa shape index (κ1) is 20.6. The average Bonchev–Trinajstić information content (AvgIpc) is 3.08. The third-order valence-corrected chi connectivity index (χ3v) is 5.01. The standard InChI is InChI=1S/C21H25N5O2S/c1-24(2)17-9-5-15(6-10-17)13-25(3)19(27)14-26-20(22-23-21(26)29)16-7-11-18(28-4)12-8-16/h5-12H,13-14H2,1-4H3,(H,23,29). The van der Waals surface area contributed by atoms with Crippen LogP contribution in [0.25, 0.3) is 11.4 Å². The summed E-state index contributed by atoms with van der Waals surface area (Å²) in [5, 5.41) is 7.08. The first-order valence-corrected chi connectivity index (χ1v) is 9.59. The molecule has 1 heterocycles. The molecule has 2 aromatic carbocycles. The smallest absolute Gasteiger partial charge is 0.242 e. The van der Waals surface area contributed by atoms with Crippen LogP contribution in [0.3, 0.4) is 0 Å². The maximum Gasteiger partial charge on any atom is 0.242 e. The summed E-state index contributed by atoms with van der Waals surface area (Å²) >= 11 is 5.34. The van der Waals surface area contributed by atoms with Gasteiger partial charge in [-0.15, -0.1) is 0 Å². The number of benzene rings is 2. The second-order valence-electron chi connectivity index (χ2n) is 6.98. The van der Waals surface area contributed by atoms with Gasteiger partial charge in [0.1, 0.15) is 12.3 Å². The number of hydrogen-bond donors (Lipinski definition) is 1. The number of amides is 1. The zero-order valence-electron chi connectivity index (χ0n) is 17.0. The van der Waals surface area contributed by atoms with Crippen molar-refractivity contribution < 1.29 is 9.53 Å². The molecule has 3 aromatic rings. The van der Waals surface area contributed by atoms with Gasteiger partial charge in [-0.25, -0.2) is 0 Å². The van der Waals surface area contributed by atoms with Crippen molar-refractivity contribution in [2.45, 2.75) is 13.1 Å². The SMILES string of the molecule is COc1ccc(-c2n[nH]c(=S)n2CC(=O)N(C)Cc2ccc(N(C)C)cc2)cc1. The molecule has 7 nitrogen and oxygen atoms in total. The molecule has 3 rings (SSSR count). The van der Waals surface area contributed by atoms with Crippen LogP contribution in [0.1, 0.15) is 5.56 Å². The first-order chi connectivity index (χ1) is 13.9. The van der Waals surface area contributed by atoms with Crippen molar-refractivity contribution in [2.75, 3.05) is 33.2 Å². The van der Waals surface area contributed by atoms with Crippen molar-refractivity contribution in [3.63, 3.8) is 0 Å². The van der Waals surface area contributed by atoms with E-state index in [-0.39, 0.29) is 12.5 Å². The van der Waals surface area contributed by atoms with Crippen LogP contribution in [0, 0.1) is 4.77 Å². The fourth-order valence-electron chi connectivity index (χ4n) is 2.94. The molecule has 0 atom stereocenters. The van der Waals surface area contributed by atoms with E-state index >= 15 is 0 Å². The molecule has 8 heteroatoms. The number of nitrogens with one attached hydrogen (secondary N) is 1. The number of anilines is 1. The summed E-state index contributed by atoms with van der Waals surface area (Å²) in [6, 6.07) is 15.6. The number of carbonyl (C=O) groups is 1. The maximum atomic E-state index is 12.8. The van der Waals surface area contributed by atoms with Gasteiger partial charge in [0.15, 0.2) is 10.6 Å². The van der Waals surface area contributed by atoms with E-state index in [2.05, 4.69) is 10.2 Å². The number of nitrogens with zero attached hydrogens (tertiary/aromatic N) is 4. The minimum atomic E-state index is -0.0473. The van der Waals surface area contributed by atoms with Crippen LogP contribution in [-0.2, 0) is 17.9 Å². The van der Waals surface area contributed by atoms with Crippen molar-refractivity contribution in [1.82, 2.24) is 19.7 Å². The number of ether oxygens (including phenoxy) is 1. The van der Waals surface area contributed by atoms with Crippen LogP contribution in [-0.4, -0.2) is 53.8 Å². The molecule has 0 spiro atoms. The fourth-order valence-corrected chi connectivity index (χ4v) is 3.14. The molecule has 0 fully saturated rings. The summed E-state index contributed by atoms with van der Waals surface area (Å²) in [6.07, 6.45) is 0. The highest BCUT2D eigenvalue weighted by Gasteiger charge is 2.16. The van der Waals surface area contributed by atoms with Gasteiger partial charge in [-0.05, 0) is 54.2 Å². The van der Waals surface area contributed by atoms with Crippen LogP contribution in [0.2, 0.25) is 0 Å². The number of likely N-dealkylation sites (N-methyl/N-ethyl adjacent to an activating group) is 1. The number of carbonyl (C=O) groups excluding carboxylic acids is 1. The van der Waals surface area contributed by atoms with Gasteiger partial charge in [0.05, 0.1) is 7.11 Å². The van der Waals surface area contributed by atoms with Crippen LogP contribution < -0.4 is 9.64 Å². The molecule has 0 bridgehead atoms. The normalized spacial score (nSPS) is 10.6. The lowest BCUT2D eigenvalue weighted by molar-refractivity contribution is -0.131. The molecule has 1 amide bonds. The van der Waals surface area contributed by atoms with Gasteiger partial charge in [0, 0.05) is 38.9 Å². The molecular weight excluding hydrogens is 386 g/mol. The number of rotatable bonds is 7. The monoisotopic (exact) mass is 411 g/mol. The Bertz CT molecular complexity index is 1020. The topological polar surface area (TPSA) is 66.4 Å². The second kappa shape index (κ2) is 8.91. The van der Waals surface area contributed by atoms with Gasteiger partial charge in [-0.3, -0.25) is 14.5 Å². The van der Waals surface area contributed by atoms with E-state index in [4.69, 9.17) is 17.0 Å². The van der Waals surface area contributed by atoms with Crippen LogP contribution in [0.15, 0.2) is 48.5 Å². The van der Waals surface area contributed by atoms with Crippen molar-refractivity contribution in [3.8, 4) is 17.1 Å². The second-order valence-corrected chi connectivity index (χ2v) is 7.36. The fraction of sp³-hybridized carbons (Fsp3) is 0.286. The molecule has 152 valence electrons. The lowest BCUT2D eigenvalue weighted by atomic mass is 10.2. The Balaban J connectivity index is 1.73. The summed E-state index contributed by atoms with van der Waals surface area (Å²) in [5.41, 5.74) is 3.04. The molecule has 0 radical (unpaired) electrons. The summed E-state index contributed by atoms with van der Waals surface area (Å²) in [7, 11) is 7.41. The predicted octanol–water partition coefficient (Wildman–Crippen LogP) is 3.34. The van der Waals surface area contributed by atoms with Gasteiger partial charge < -0.3 is 14.5 Å². The average molecular weight is 412 g/mol. The van der Waals surface area contributed by atoms with Crippen LogP contribution in [0.5, 0.6) is 5.75 Å². The highest BCUT2D eigenvalue weighted by Crippen LogP contribution is 2.21. The van der Waals surface area contributed by atoms with Gasteiger partial charge in [-0.1, -0.05) is 12.1 Å². The molecule has 0 aliphatic heterocycles. The predicted molar refractivity (Wildman–Crippen MR) is 117 cm³/mol. The molecular formula is C21H25N5O2S. The number of methoxy groups -OCH3 is 1. The van der Waals surface area contributed by atoms with Crippen molar-refractivity contribution in [1.29, 1.82) is 0 Å². The Labute approximate surface area is 175 Å². The molecule has 0 aliphatic rings. The largest absolute Gasteiger partial charge is 0.497 e. The van der Waals surface area contributed by atoms with Gasteiger partial charge >= 0.3 is 0 Å². The number of aromatic nitrogens is 3. The molecule has 0 aliphatic carbocycles. The number of H-pyrrole nitrogens is 1. The Kier molecular flexibility index (Phi) is 6.33. The molecule has 1 aromatic heterocycles. The van der Waals surface area contributed by atoms with Gasteiger partial charge in [-0.2, -0.15) is 5.10 Å². The number of aromatic amines is 1. The quantitative estimate of drug-likeness (QED) is 0.604. The Hall–Kier alpha value is -3.13. The van der Waals surface area contributed by atoms with E-state index in [9.17, 15) is 4.79 Å². The lowest BCUT2D eigenvalue weighted by Gasteiger charge is -2.19. The van der Waals surface area contributed by atoms with E-state index in [1.807, 2.05) is 67.5 Å². The third-order valence-electron chi connectivity index (χ3n) is 4.70. The van der Waals surface area contributed by atoms with E-state index in [0.717, 1.165) is 22.6 Å². The highest BCUT2D eigenvalue weighted by molar-refractivity contribution is 7.71. The third kappa shape index (κ3) is 4.83. The highest BCUT2D eigenvalue weighted by atomic mass is 32.1. The Morgan fingerprint density at radius 1 is 1.10 bits per heavy atom. The molecule has 0 saturated heterocycles. The van der Waals surface area contributed by atoms with Crippen molar-refractivity contribution >= 4 is 23.8 Å². The van der Waals surface area contributed by atoms with Crippen molar-refractivity contribution in [3.05, 3.63) is 58.9 Å². The minimum Gasteiger partial charge on any atom is -0.497 e. The van der Waals surface area contributed by atoms with E-state index in [1.54, 1.807) is 23.6 Å². The van der Waals surface area contributed by atoms with Crippen LogP contribution >= 0.6 is 12.2 Å². The van der Waals surface area contributed by atoms with E-state index in [0.29, 0.717) is 17.1 Å². The summed E-state index contributed by atoms with van der Waals surface area (Å²) in [5.74, 6) is 1.33. The summed E-state index contributed by atoms with van der Waals surface area (Å²) in [4.78, 5) is 16.5. The Morgan fingerprint density at radius 3 is 2.34 bits per heavy atom. The van der Waals surface area contributed by atoms with Crippen molar-refractivity contribution in [2.24, 2.45) is 0 Å². The van der Waals surface area contributed by atoms with Gasteiger partial charge in [0.25, 0.3) is 0 Å². The summed E-state index contributed by atoms with van der Waals surface area (Å²) < 4.78 is 7.32. The lowest BCUT2D eigenvalue weighted by Crippen LogP contribution is -2.30. The molecule has 29 heavy (non-hydrogen) atoms. The molecule has 0 unspecified atom stereocenters. The minimum absolute atomic E-state index is 0.0473. The maximum absolute atomic E-state index is 12.8. The zero-order chi connectivity index (χ0) is 21.0. The van der Waals surface area contributed by atoms with E-state index < -0.39 is 0 Å². The van der Waals surface area contributed by atoms with Crippen LogP contribution in [0.4, 0.5) is 5.69 Å². The zero-order valence-corrected chi connectivity index (χ0v) is 17.9. The molecule has 1 N–H and O–H groups in total. The first-order valence-electron chi connectivity index (χ1n) is 9.19. The number of hydrogen-bond acceptors (Lipinski definition) is 5.